The van der Waals surface area contributed by atoms with Gasteiger partial charge in [0.05, 0.1) is 0 Å². The van der Waals surface area contributed by atoms with Crippen LogP contribution in [0.4, 0.5) is 17.3 Å². The van der Waals surface area contributed by atoms with Crippen LogP contribution in [0.15, 0.2) is 30.6 Å². The van der Waals surface area contributed by atoms with Crippen LogP contribution in [0.1, 0.15) is 15.9 Å². The first kappa shape index (κ1) is 17.9. The molecular formula is C17H24N8O. The number of hydrogen-bond acceptors (Lipinski definition) is 8. The zero-order valence-corrected chi connectivity index (χ0v) is 15.0. The molecule has 1 aliphatic rings. The molecule has 1 aliphatic heterocycles. The molecule has 9 nitrogen and oxygen atoms in total. The number of likely N-dealkylation sites (N-methyl/N-ethyl adjacent to an activating group) is 1. The molecule has 1 fully saturated rings. The minimum absolute atomic E-state index is 0.267. The van der Waals surface area contributed by atoms with Gasteiger partial charge in [0.1, 0.15) is 12.0 Å². The standard InChI is InChI=1S/C17H24N8O/c1-12-3-5-13(6-4-12)17(26)22-21-15-14(18)16(20-11-19-15)23-25-9-7-24(2)8-10-25/h3-6,11H,7-10,18H2,1-2H3,(H,22,26)(H2,19,20,21,23). The average Bonchev–Trinajstić information content (AvgIpc) is 2.64. The van der Waals surface area contributed by atoms with E-state index in [0.717, 1.165) is 31.7 Å². The van der Waals surface area contributed by atoms with E-state index in [1.54, 1.807) is 12.1 Å². The van der Waals surface area contributed by atoms with Crippen LogP contribution < -0.4 is 22.0 Å². The van der Waals surface area contributed by atoms with Crippen molar-refractivity contribution in [2.75, 3.05) is 49.8 Å². The molecule has 26 heavy (non-hydrogen) atoms. The van der Waals surface area contributed by atoms with E-state index in [4.69, 9.17) is 5.73 Å². The molecule has 0 spiro atoms. The van der Waals surface area contributed by atoms with Gasteiger partial charge in [-0.25, -0.2) is 15.0 Å². The molecule has 0 saturated carbocycles. The maximum Gasteiger partial charge on any atom is 0.269 e. The number of carbonyl (C=O) groups excluding carboxylic acids is 1. The van der Waals surface area contributed by atoms with Crippen molar-refractivity contribution in [2.24, 2.45) is 0 Å². The number of hydrazine groups is 2. The Morgan fingerprint density at radius 3 is 2.42 bits per heavy atom. The molecule has 0 bridgehead atoms. The van der Waals surface area contributed by atoms with E-state index in [1.165, 1.54) is 6.33 Å². The van der Waals surface area contributed by atoms with E-state index in [2.05, 4.69) is 43.2 Å². The van der Waals surface area contributed by atoms with Crippen LogP contribution in [0, 0.1) is 6.92 Å². The lowest BCUT2D eigenvalue weighted by Gasteiger charge is -2.32. The summed E-state index contributed by atoms with van der Waals surface area (Å²) in [7, 11) is 2.09. The van der Waals surface area contributed by atoms with Crippen molar-refractivity contribution in [2.45, 2.75) is 6.92 Å². The zero-order valence-electron chi connectivity index (χ0n) is 15.0. The Balaban J connectivity index is 1.61. The van der Waals surface area contributed by atoms with Gasteiger partial charge >= 0.3 is 0 Å². The Morgan fingerprint density at radius 2 is 1.73 bits per heavy atom. The highest BCUT2D eigenvalue weighted by Gasteiger charge is 2.16. The van der Waals surface area contributed by atoms with Crippen LogP contribution >= 0.6 is 0 Å². The molecule has 9 heteroatoms. The Bertz CT molecular complexity index is 756. The smallest absolute Gasteiger partial charge is 0.269 e. The highest BCUT2D eigenvalue weighted by Crippen LogP contribution is 2.22. The average molecular weight is 356 g/mol. The minimum atomic E-state index is -0.267. The number of aromatic nitrogens is 2. The van der Waals surface area contributed by atoms with Crippen LogP contribution in [-0.2, 0) is 0 Å². The summed E-state index contributed by atoms with van der Waals surface area (Å²) >= 11 is 0. The van der Waals surface area contributed by atoms with Gasteiger partial charge in [0.15, 0.2) is 11.6 Å². The topological polar surface area (TPSA) is 111 Å². The highest BCUT2D eigenvalue weighted by atomic mass is 16.2. The maximum atomic E-state index is 12.2. The Hall–Kier alpha value is -2.91. The van der Waals surface area contributed by atoms with Crippen LogP contribution in [0.2, 0.25) is 0 Å². The number of nitrogens with zero attached hydrogens (tertiary/aromatic N) is 4. The van der Waals surface area contributed by atoms with E-state index in [-0.39, 0.29) is 5.91 Å². The second kappa shape index (κ2) is 7.98. The lowest BCUT2D eigenvalue weighted by molar-refractivity contribution is 0.0962. The Morgan fingerprint density at radius 1 is 1.08 bits per heavy atom. The van der Waals surface area contributed by atoms with Crippen LogP contribution in [-0.4, -0.2) is 59.0 Å². The van der Waals surface area contributed by atoms with Gasteiger partial charge in [0.25, 0.3) is 5.91 Å². The van der Waals surface area contributed by atoms with Crippen molar-refractivity contribution in [3.05, 3.63) is 41.7 Å². The summed E-state index contributed by atoms with van der Waals surface area (Å²) in [4.78, 5) is 22.7. The lowest BCUT2D eigenvalue weighted by atomic mass is 10.1. The van der Waals surface area contributed by atoms with Gasteiger partial charge in [0.2, 0.25) is 0 Å². The summed E-state index contributed by atoms with van der Waals surface area (Å²) in [6, 6.07) is 7.28. The second-order valence-corrected chi connectivity index (χ2v) is 6.33. The van der Waals surface area contributed by atoms with Gasteiger partial charge in [-0.05, 0) is 26.1 Å². The summed E-state index contributed by atoms with van der Waals surface area (Å²) < 4.78 is 0. The van der Waals surface area contributed by atoms with E-state index < -0.39 is 0 Å². The largest absolute Gasteiger partial charge is 0.393 e. The van der Waals surface area contributed by atoms with Crippen LogP contribution in [0.25, 0.3) is 0 Å². The predicted octanol–water partition coefficient (Wildman–Crippen LogP) is 0.698. The van der Waals surface area contributed by atoms with Crippen LogP contribution in [0.3, 0.4) is 0 Å². The van der Waals surface area contributed by atoms with Gasteiger partial charge in [-0.2, -0.15) is 0 Å². The van der Waals surface area contributed by atoms with Gasteiger partial charge in [-0.1, -0.05) is 17.7 Å². The van der Waals surface area contributed by atoms with E-state index in [0.29, 0.717) is 22.9 Å². The van der Waals surface area contributed by atoms with Crippen molar-refractivity contribution in [1.82, 2.24) is 25.3 Å². The first-order valence-corrected chi connectivity index (χ1v) is 8.46. The number of nitrogens with two attached hydrogens (primary N) is 1. The number of aryl methyl sites for hydroxylation is 1. The SMILES string of the molecule is Cc1ccc(C(=O)NNc2ncnc(NN3CCN(C)CC3)c2N)cc1. The third-order valence-electron chi connectivity index (χ3n) is 4.26. The summed E-state index contributed by atoms with van der Waals surface area (Å²) in [5.74, 6) is 0.588. The molecule has 2 heterocycles. The molecule has 1 aromatic heterocycles. The predicted molar refractivity (Wildman–Crippen MR) is 101 cm³/mol. The number of hydrogen-bond donors (Lipinski definition) is 4. The molecule has 2 aromatic rings. The third-order valence-corrected chi connectivity index (χ3v) is 4.26. The second-order valence-electron chi connectivity index (χ2n) is 6.33. The number of anilines is 3. The van der Waals surface area contributed by atoms with Gasteiger partial charge in [-0.3, -0.25) is 15.6 Å². The minimum Gasteiger partial charge on any atom is -0.393 e. The monoisotopic (exact) mass is 356 g/mol. The van der Waals surface area contributed by atoms with Crippen molar-refractivity contribution in [1.29, 1.82) is 0 Å². The zero-order chi connectivity index (χ0) is 18.5. The van der Waals surface area contributed by atoms with Gasteiger partial charge in [-0.15, -0.1) is 0 Å². The number of rotatable bonds is 5. The molecule has 1 amide bonds. The molecular weight excluding hydrogens is 332 g/mol. The number of nitrogens with one attached hydrogen (secondary N) is 3. The Labute approximate surface area is 152 Å². The van der Waals surface area contributed by atoms with Gasteiger partial charge < -0.3 is 16.1 Å². The highest BCUT2D eigenvalue weighted by molar-refractivity contribution is 5.95. The van der Waals surface area contributed by atoms with Crippen LogP contribution in [0.5, 0.6) is 0 Å². The normalized spacial score (nSPS) is 15.5. The molecule has 0 radical (unpaired) electrons. The molecule has 0 aliphatic carbocycles. The molecule has 5 N–H and O–H groups in total. The number of piperazine rings is 1. The van der Waals surface area contributed by atoms with Crippen molar-refractivity contribution in [3.63, 3.8) is 0 Å². The number of nitrogen functional groups attached to an aromatic ring is 1. The number of carbonyl (C=O) groups is 1. The molecule has 138 valence electrons. The summed E-state index contributed by atoms with van der Waals surface area (Å²) in [5.41, 5.74) is 16.7. The first-order chi connectivity index (χ1) is 12.5. The summed E-state index contributed by atoms with van der Waals surface area (Å²) in [5, 5.41) is 2.06. The molecule has 0 unspecified atom stereocenters. The maximum absolute atomic E-state index is 12.2. The van der Waals surface area contributed by atoms with Crippen molar-refractivity contribution >= 4 is 23.2 Å². The molecule has 1 saturated heterocycles. The fraction of sp³-hybridized carbons (Fsp3) is 0.353. The quantitative estimate of drug-likeness (QED) is 0.579. The summed E-state index contributed by atoms with van der Waals surface area (Å²) in [6.07, 6.45) is 1.40. The first-order valence-electron chi connectivity index (χ1n) is 8.46. The fourth-order valence-corrected chi connectivity index (χ4v) is 2.55. The molecule has 3 rings (SSSR count). The summed E-state index contributed by atoms with van der Waals surface area (Å²) in [6.45, 7) is 5.64. The Kier molecular flexibility index (Phi) is 5.49. The third kappa shape index (κ3) is 4.38. The van der Waals surface area contributed by atoms with Crippen molar-refractivity contribution < 1.29 is 4.79 Å². The van der Waals surface area contributed by atoms with E-state index in [9.17, 15) is 4.79 Å². The molecule has 1 aromatic carbocycles. The lowest BCUT2D eigenvalue weighted by Crippen LogP contribution is -2.47. The number of benzene rings is 1. The fourth-order valence-electron chi connectivity index (χ4n) is 2.55. The van der Waals surface area contributed by atoms with Crippen molar-refractivity contribution in [3.8, 4) is 0 Å². The van der Waals surface area contributed by atoms with E-state index >= 15 is 0 Å². The molecule has 0 atom stereocenters. The van der Waals surface area contributed by atoms with Gasteiger partial charge in [0, 0.05) is 31.7 Å². The van der Waals surface area contributed by atoms with E-state index in [1.807, 2.05) is 19.1 Å². The number of amides is 1.